The molecule has 2 fully saturated rings. The molecule has 0 spiro atoms. The third kappa shape index (κ3) is 1.06. The van der Waals surface area contributed by atoms with Gasteiger partial charge in [-0.3, -0.25) is 14.7 Å². The fourth-order valence-corrected chi connectivity index (χ4v) is 2.61. The second kappa shape index (κ2) is 2.92. The number of amides is 2. The third-order valence-electron chi connectivity index (χ3n) is 3.33. The van der Waals surface area contributed by atoms with Gasteiger partial charge in [0.1, 0.15) is 0 Å². The summed E-state index contributed by atoms with van der Waals surface area (Å²) in [6, 6.07) is 0. The van der Waals surface area contributed by atoms with Gasteiger partial charge in [-0.1, -0.05) is 6.42 Å². The van der Waals surface area contributed by atoms with Gasteiger partial charge >= 0.3 is 0 Å². The highest BCUT2D eigenvalue weighted by atomic mass is 16.2. The lowest BCUT2D eigenvalue weighted by atomic mass is 10.00. The van der Waals surface area contributed by atoms with Crippen molar-refractivity contribution < 1.29 is 9.59 Å². The number of carbonyl (C=O) groups excluding carboxylic acids is 2. The van der Waals surface area contributed by atoms with Crippen LogP contribution in [0.4, 0.5) is 5.69 Å². The lowest BCUT2D eigenvalue weighted by molar-refractivity contribution is -0.122. The van der Waals surface area contributed by atoms with Crippen molar-refractivity contribution in [3.63, 3.8) is 0 Å². The first-order valence-electron chi connectivity index (χ1n) is 5.15. The van der Waals surface area contributed by atoms with E-state index in [1.807, 2.05) is 0 Å². The molecule has 1 saturated heterocycles. The largest absolute Gasteiger partial charge is 0.284 e. The Morgan fingerprint density at radius 1 is 1.27 bits per heavy atom. The van der Waals surface area contributed by atoms with Gasteiger partial charge in [-0.15, -0.1) is 0 Å². The predicted molar refractivity (Wildman–Crippen MR) is 51.9 cm³/mol. The Labute approximate surface area is 86.5 Å². The Balaban J connectivity index is 1.99. The average molecular weight is 205 g/mol. The molecular formula is C10H11N3O2. The van der Waals surface area contributed by atoms with Gasteiger partial charge < -0.3 is 0 Å². The van der Waals surface area contributed by atoms with E-state index in [0.29, 0.717) is 5.69 Å². The van der Waals surface area contributed by atoms with Gasteiger partial charge in [-0.2, -0.15) is 5.10 Å². The molecule has 0 radical (unpaired) electrons. The highest BCUT2D eigenvalue weighted by molar-refractivity contribution is 6.22. The zero-order valence-electron chi connectivity index (χ0n) is 8.14. The fraction of sp³-hybridized carbons (Fsp3) is 0.500. The molecule has 2 aliphatic rings. The molecule has 1 aromatic heterocycles. The first kappa shape index (κ1) is 8.64. The first-order valence-corrected chi connectivity index (χ1v) is 5.15. The van der Waals surface area contributed by atoms with E-state index in [4.69, 9.17) is 0 Å². The van der Waals surface area contributed by atoms with Crippen LogP contribution in [0.15, 0.2) is 12.4 Å². The summed E-state index contributed by atoms with van der Waals surface area (Å²) in [6.07, 6.45) is 5.78. The van der Waals surface area contributed by atoms with Crippen LogP contribution in [0.2, 0.25) is 0 Å². The van der Waals surface area contributed by atoms with Crippen molar-refractivity contribution in [2.45, 2.75) is 19.3 Å². The summed E-state index contributed by atoms with van der Waals surface area (Å²) < 4.78 is 0. The van der Waals surface area contributed by atoms with Crippen LogP contribution < -0.4 is 4.90 Å². The van der Waals surface area contributed by atoms with Gasteiger partial charge in [-0.05, 0) is 12.8 Å². The molecule has 2 atom stereocenters. The number of rotatable bonds is 1. The van der Waals surface area contributed by atoms with E-state index in [2.05, 4.69) is 10.2 Å². The maximum absolute atomic E-state index is 12.0. The van der Waals surface area contributed by atoms with Crippen LogP contribution in [0.3, 0.4) is 0 Å². The molecule has 5 heteroatoms. The van der Waals surface area contributed by atoms with Crippen molar-refractivity contribution in [2.75, 3.05) is 4.90 Å². The molecule has 5 nitrogen and oxygen atoms in total. The molecular weight excluding hydrogens is 194 g/mol. The van der Waals surface area contributed by atoms with Crippen LogP contribution in [0.1, 0.15) is 19.3 Å². The number of H-pyrrole nitrogens is 1. The summed E-state index contributed by atoms with van der Waals surface area (Å²) in [5, 5.41) is 6.38. The number of carbonyl (C=O) groups is 2. The maximum atomic E-state index is 12.0. The predicted octanol–water partition coefficient (Wildman–Crippen LogP) is 0.699. The van der Waals surface area contributed by atoms with E-state index in [-0.39, 0.29) is 23.7 Å². The summed E-state index contributed by atoms with van der Waals surface area (Å²) in [6.45, 7) is 0. The van der Waals surface area contributed by atoms with Crippen LogP contribution in [0.5, 0.6) is 0 Å². The molecule has 1 aliphatic carbocycles. The number of nitrogens with one attached hydrogen (secondary N) is 1. The Morgan fingerprint density at radius 2 is 1.93 bits per heavy atom. The molecule has 1 saturated carbocycles. The zero-order chi connectivity index (χ0) is 10.4. The fourth-order valence-electron chi connectivity index (χ4n) is 2.61. The van der Waals surface area contributed by atoms with Crippen LogP contribution in [0, 0.1) is 11.8 Å². The number of hydrogen-bond donors (Lipinski definition) is 1. The molecule has 3 rings (SSSR count). The summed E-state index contributed by atoms with van der Waals surface area (Å²) in [7, 11) is 0. The monoisotopic (exact) mass is 205 g/mol. The Bertz CT molecular complexity index is 390. The van der Waals surface area contributed by atoms with Crippen LogP contribution in [-0.2, 0) is 9.59 Å². The quantitative estimate of drug-likeness (QED) is 0.686. The van der Waals surface area contributed by atoms with Gasteiger partial charge in [0, 0.05) is 6.20 Å². The van der Waals surface area contributed by atoms with E-state index < -0.39 is 0 Å². The van der Waals surface area contributed by atoms with E-state index in [0.717, 1.165) is 19.3 Å². The molecule has 15 heavy (non-hydrogen) atoms. The van der Waals surface area contributed by atoms with Crippen molar-refractivity contribution >= 4 is 17.5 Å². The van der Waals surface area contributed by atoms with E-state index in [1.165, 1.54) is 11.1 Å². The standard InChI is InChI=1S/C10H11N3O2/c14-9-7-2-1-3-8(7)10(15)13(9)6-4-11-12-5-6/h4-5,7-8H,1-3H2,(H,11,12). The second-order valence-corrected chi connectivity index (χ2v) is 4.11. The second-order valence-electron chi connectivity index (χ2n) is 4.11. The number of anilines is 1. The lowest BCUT2D eigenvalue weighted by Gasteiger charge is -2.12. The Kier molecular flexibility index (Phi) is 1.68. The van der Waals surface area contributed by atoms with Gasteiger partial charge in [0.2, 0.25) is 11.8 Å². The highest BCUT2D eigenvalue weighted by Gasteiger charge is 2.50. The summed E-state index contributed by atoms with van der Waals surface area (Å²) >= 11 is 0. The van der Waals surface area contributed by atoms with Gasteiger partial charge in [-0.25, -0.2) is 4.90 Å². The van der Waals surface area contributed by atoms with Gasteiger partial charge in [0.05, 0.1) is 23.7 Å². The van der Waals surface area contributed by atoms with Crippen LogP contribution in [0.25, 0.3) is 0 Å². The van der Waals surface area contributed by atoms with Crippen molar-refractivity contribution in [1.82, 2.24) is 10.2 Å². The van der Waals surface area contributed by atoms with Crippen molar-refractivity contribution in [3.8, 4) is 0 Å². The molecule has 78 valence electrons. The van der Waals surface area contributed by atoms with Crippen molar-refractivity contribution in [3.05, 3.63) is 12.4 Å². The van der Waals surface area contributed by atoms with Gasteiger partial charge in [0.25, 0.3) is 0 Å². The molecule has 2 heterocycles. The minimum absolute atomic E-state index is 0.0519. The lowest BCUT2D eigenvalue weighted by Crippen LogP contribution is -2.31. The van der Waals surface area contributed by atoms with E-state index >= 15 is 0 Å². The highest BCUT2D eigenvalue weighted by Crippen LogP contribution is 2.41. The normalized spacial score (nSPS) is 30.0. The SMILES string of the molecule is O=C1C2CCCC2C(=O)N1c1cn[nH]c1. The number of aromatic nitrogens is 2. The first-order chi connectivity index (χ1) is 7.29. The summed E-state index contributed by atoms with van der Waals surface area (Å²) in [5.74, 6) is -0.257. The smallest absolute Gasteiger partial charge is 0.237 e. The molecule has 1 aromatic rings. The number of fused-ring (bicyclic) bond motifs is 1. The molecule has 1 N–H and O–H groups in total. The minimum Gasteiger partial charge on any atom is -0.284 e. The molecule has 0 aromatic carbocycles. The molecule has 1 aliphatic heterocycles. The summed E-state index contributed by atoms with van der Waals surface area (Å²) in [5.41, 5.74) is 0.569. The zero-order valence-corrected chi connectivity index (χ0v) is 8.14. The Hall–Kier alpha value is -1.65. The number of imide groups is 1. The molecule has 0 bridgehead atoms. The maximum Gasteiger partial charge on any atom is 0.237 e. The topological polar surface area (TPSA) is 66.1 Å². The molecule has 2 unspecified atom stereocenters. The number of nitrogens with zero attached hydrogens (tertiary/aromatic N) is 2. The Morgan fingerprint density at radius 3 is 2.47 bits per heavy atom. The minimum atomic E-state index is -0.0765. The summed E-state index contributed by atoms with van der Waals surface area (Å²) in [4.78, 5) is 25.2. The molecule has 2 amide bonds. The van der Waals surface area contributed by atoms with Crippen molar-refractivity contribution in [2.24, 2.45) is 11.8 Å². The number of aromatic amines is 1. The van der Waals surface area contributed by atoms with Crippen LogP contribution in [-0.4, -0.2) is 22.0 Å². The average Bonchev–Trinajstić information content (AvgIpc) is 2.89. The third-order valence-corrected chi connectivity index (χ3v) is 3.33. The van der Waals surface area contributed by atoms with Crippen LogP contribution >= 0.6 is 0 Å². The van der Waals surface area contributed by atoms with Gasteiger partial charge in [0.15, 0.2) is 0 Å². The van der Waals surface area contributed by atoms with Crippen molar-refractivity contribution in [1.29, 1.82) is 0 Å². The van der Waals surface area contributed by atoms with E-state index in [1.54, 1.807) is 6.20 Å². The van der Waals surface area contributed by atoms with E-state index in [9.17, 15) is 9.59 Å². The number of hydrogen-bond acceptors (Lipinski definition) is 3.